The van der Waals surface area contributed by atoms with Crippen molar-refractivity contribution in [2.24, 2.45) is 5.92 Å². The molecule has 0 spiro atoms. The number of halogens is 1. The Morgan fingerprint density at radius 2 is 2.28 bits per heavy atom. The molecule has 1 aromatic carbocycles. The van der Waals surface area contributed by atoms with Gasteiger partial charge in [0.1, 0.15) is 5.75 Å². The summed E-state index contributed by atoms with van der Waals surface area (Å²) in [6.45, 7) is 1.73. The van der Waals surface area contributed by atoms with Crippen LogP contribution in [0.3, 0.4) is 0 Å². The molecule has 0 fully saturated rings. The average molecular weight is 272 g/mol. The summed E-state index contributed by atoms with van der Waals surface area (Å²) >= 11 is 5.94. The summed E-state index contributed by atoms with van der Waals surface area (Å²) in [5.41, 5.74) is 0.778. The first-order valence-corrected chi connectivity index (χ1v) is 6.01. The van der Waals surface area contributed by atoms with E-state index in [0.29, 0.717) is 10.8 Å². The Bertz CT molecular complexity index is 465. The molecule has 1 aromatic rings. The van der Waals surface area contributed by atoms with Crippen molar-refractivity contribution in [3.8, 4) is 5.75 Å². The SMILES string of the molecule is CO[C@@H]1Oc2ccc(Cl)cc2[C@H](C[N+](=O)[O-])[C@@H]1C. The fourth-order valence-corrected chi connectivity index (χ4v) is 2.49. The van der Waals surface area contributed by atoms with E-state index in [1.54, 1.807) is 18.2 Å². The first kappa shape index (κ1) is 13.1. The van der Waals surface area contributed by atoms with Crippen molar-refractivity contribution in [1.29, 1.82) is 0 Å². The van der Waals surface area contributed by atoms with Crippen molar-refractivity contribution >= 4 is 11.6 Å². The Morgan fingerprint density at radius 1 is 1.56 bits per heavy atom. The minimum Gasteiger partial charge on any atom is -0.464 e. The molecule has 98 valence electrons. The van der Waals surface area contributed by atoms with Gasteiger partial charge in [-0.15, -0.1) is 0 Å². The number of nitro groups is 1. The highest BCUT2D eigenvalue weighted by Gasteiger charge is 2.38. The number of hydrogen-bond acceptors (Lipinski definition) is 4. The molecule has 6 heteroatoms. The molecule has 0 radical (unpaired) electrons. The van der Waals surface area contributed by atoms with E-state index in [4.69, 9.17) is 21.1 Å². The maximum atomic E-state index is 10.8. The van der Waals surface area contributed by atoms with Crippen molar-refractivity contribution in [3.05, 3.63) is 38.9 Å². The van der Waals surface area contributed by atoms with Crippen LogP contribution in [0.15, 0.2) is 18.2 Å². The molecule has 0 saturated heterocycles. The van der Waals surface area contributed by atoms with Crippen molar-refractivity contribution in [3.63, 3.8) is 0 Å². The quantitative estimate of drug-likeness (QED) is 0.626. The molecule has 1 aliphatic heterocycles. The summed E-state index contributed by atoms with van der Waals surface area (Å²) in [4.78, 5) is 10.5. The van der Waals surface area contributed by atoms with Crippen LogP contribution in [-0.2, 0) is 4.74 Å². The second-order valence-corrected chi connectivity index (χ2v) is 4.82. The predicted octanol–water partition coefficient (Wildman–Crippen LogP) is 2.70. The number of rotatable bonds is 3. The van der Waals surface area contributed by atoms with Crippen LogP contribution in [0, 0.1) is 16.0 Å². The fraction of sp³-hybridized carbons (Fsp3) is 0.500. The number of methoxy groups -OCH3 is 1. The van der Waals surface area contributed by atoms with Gasteiger partial charge in [0.05, 0.1) is 5.92 Å². The van der Waals surface area contributed by atoms with Crippen molar-refractivity contribution in [2.75, 3.05) is 13.7 Å². The summed E-state index contributed by atoms with van der Waals surface area (Å²) in [5, 5.41) is 11.3. The normalized spacial score (nSPS) is 26.3. The number of hydrogen-bond donors (Lipinski definition) is 0. The molecular formula is C12H14ClNO4. The third-order valence-corrected chi connectivity index (χ3v) is 3.49. The average Bonchev–Trinajstić information content (AvgIpc) is 2.32. The lowest BCUT2D eigenvalue weighted by atomic mass is 9.84. The number of ether oxygens (including phenoxy) is 2. The Labute approximate surface area is 110 Å². The van der Waals surface area contributed by atoms with E-state index >= 15 is 0 Å². The smallest absolute Gasteiger partial charge is 0.211 e. The number of fused-ring (bicyclic) bond motifs is 1. The summed E-state index contributed by atoms with van der Waals surface area (Å²) in [7, 11) is 1.53. The standard InChI is InChI=1S/C12H14ClNO4/c1-7-10(6-14(15)16)9-5-8(13)3-4-11(9)18-12(7)17-2/h3-5,7,10,12H,6H2,1-2H3/t7-,10+,12+/m0/s1. The lowest BCUT2D eigenvalue weighted by molar-refractivity contribution is -0.486. The van der Waals surface area contributed by atoms with Crippen LogP contribution < -0.4 is 4.74 Å². The maximum absolute atomic E-state index is 10.8. The third-order valence-electron chi connectivity index (χ3n) is 3.26. The zero-order chi connectivity index (χ0) is 13.3. The van der Waals surface area contributed by atoms with Crippen molar-refractivity contribution in [2.45, 2.75) is 19.1 Å². The van der Waals surface area contributed by atoms with Crippen LogP contribution in [0.4, 0.5) is 0 Å². The fourth-order valence-electron chi connectivity index (χ4n) is 2.31. The van der Waals surface area contributed by atoms with E-state index in [1.165, 1.54) is 7.11 Å². The van der Waals surface area contributed by atoms with E-state index in [-0.39, 0.29) is 23.3 Å². The number of nitrogens with zero attached hydrogens (tertiary/aromatic N) is 1. The summed E-state index contributed by atoms with van der Waals surface area (Å²) in [6, 6.07) is 5.16. The van der Waals surface area contributed by atoms with Crippen LogP contribution in [0.2, 0.25) is 5.02 Å². The topological polar surface area (TPSA) is 61.6 Å². The Morgan fingerprint density at radius 3 is 2.89 bits per heavy atom. The van der Waals surface area contributed by atoms with Crippen LogP contribution in [0.1, 0.15) is 18.4 Å². The van der Waals surface area contributed by atoms with Gasteiger partial charge < -0.3 is 9.47 Å². The first-order valence-electron chi connectivity index (χ1n) is 5.63. The Kier molecular flexibility index (Phi) is 3.73. The van der Waals surface area contributed by atoms with Crippen molar-refractivity contribution < 1.29 is 14.4 Å². The second kappa shape index (κ2) is 5.12. The largest absolute Gasteiger partial charge is 0.464 e. The molecule has 5 nitrogen and oxygen atoms in total. The van der Waals surface area contributed by atoms with Crippen LogP contribution in [0.5, 0.6) is 5.75 Å². The molecule has 3 atom stereocenters. The number of benzene rings is 1. The minimum atomic E-state index is -0.469. The minimum absolute atomic E-state index is 0.105. The zero-order valence-corrected chi connectivity index (χ0v) is 10.9. The van der Waals surface area contributed by atoms with Gasteiger partial charge in [-0.25, -0.2) is 0 Å². The van der Waals surface area contributed by atoms with Crippen LogP contribution >= 0.6 is 11.6 Å². The van der Waals surface area contributed by atoms with Gasteiger partial charge in [-0.05, 0) is 18.2 Å². The van der Waals surface area contributed by atoms with Gasteiger partial charge in [-0.1, -0.05) is 18.5 Å². The van der Waals surface area contributed by atoms with Crippen molar-refractivity contribution in [1.82, 2.24) is 0 Å². The highest BCUT2D eigenvalue weighted by atomic mass is 35.5. The summed E-state index contributed by atoms with van der Waals surface area (Å²) in [6.07, 6.45) is -0.469. The van der Waals surface area contributed by atoms with Gasteiger partial charge in [-0.3, -0.25) is 10.1 Å². The lowest BCUT2D eigenvalue weighted by Gasteiger charge is -2.35. The lowest BCUT2D eigenvalue weighted by Crippen LogP contribution is -2.38. The van der Waals surface area contributed by atoms with E-state index in [2.05, 4.69) is 0 Å². The molecule has 18 heavy (non-hydrogen) atoms. The van der Waals surface area contributed by atoms with Gasteiger partial charge in [0.25, 0.3) is 0 Å². The zero-order valence-electron chi connectivity index (χ0n) is 10.1. The molecule has 1 aliphatic rings. The van der Waals surface area contributed by atoms with E-state index in [9.17, 15) is 10.1 Å². The highest BCUT2D eigenvalue weighted by Crippen LogP contribution is 2.41. The van der Waals surface area contributed by atoms with E-state index in [1.807, 2.05) is 6.92 Å². The molecule has 0 unspecified atom stereocenters. The van der Waals surface area contributed by atoms with Crippen LogP contribution in [0.25, 0.3) is 0 Å². The van der Waals surface area contributed by atoms with Gasteiger partial charge in [0, 0.05) is 28.5 Å². The van der Waals surface area contributed by atoms with E-state index in [0.717, 1.165) is 5.56 Å². The van der Waals surface area contributed by atoms with Gasteiger partial charge >= 0.3 is 0 Å². The summed E-state index contributed by atoms with van der Waals surface area (Å²) in [5.74, 6) is 0.245. The monoisotopic (exact) mass is 271 g/mol. The van der Waals surface area contributed by atoms with Gasteiger partial charge in [-0.2, -0.15) is 0 Å². The molecule has 0 aliphatic carbocycles. The maximum Gasteiger partial charge on any atom is 0.211 e. The Balaban J connectivity index is 2.42. The second-order valence-electron chi connectivity index (χ2n) is 4.39. The third kappa shape index (κ3) is 2.42. The first-order chi connectivity index (χ1) is 8.52. The molecule has 1 heterocycles. The summed E-state index contributed by atoms with van der Waals surface area (Å²) < 4.78 is 10.9. The molecule has 0 N–H and O–H groups in total. The molecule has 0 saturated carbocycles. The highest BCUT2D eigenvalue weighted by molar-refractivity contribution is 6.30. The molecule has 0 amide bonds. The molecule has 2 rings (SSSR count). The van der Waals surface area contributed by atoms with E-state index < -0.39 is 6.29 Å². The van der Waals surface area contributed by atoms with Gasteiger partial charge in [0.2, 0.25) is 12.8 Å². The molecule has 0 bridgehead atoms. The molecular weight excluding hydrogens is 258 g/mol. The van der Waals surface area contributed by atoms with Gasteiger partial charge in [0.15, 0.2) is 0 Å². The Hall–Kier alpha value is -1.33. The molecule has 0 aromatic heterocycles. The predicted molar refractivity (Wildman–Crippen MR) is 66.6 cm³/mol. The van der Waals surface area contributed by atoms with Crippen LogP contribution in [-0.4, -0.2) is 24.9 Å².